The molecule has 2 aliphatic rings. The number of hydrogen-bond donors (Lipinski definition) is 2. The number of rotatable bonds is 6. The van der Waals surface area contributed by atoms with Gasteiger partial charge in [0.25, 0.3) is 0 Å². The van der Waals surface area contributed by atoms with Gasteiger partial charge in [0.2, 0.25) is 5.91 Å². The summed E-state index contributed by atoms with van der Waals surface area (Å²) in [7, 11) is 0. The summed E-state index contributed by atoms with van der Waals surface area (Å²) >= 11 is 0. The van der Waals surface area contributed by atoms with Gasteiger partial charge < -0.3 is 20.1 Å². The maximum Gasteiger partial charge on any atom is 0.245 e. The van der Waals surface area contributed by atoms with Crippen molar-refractivity contribution >= 4 is 22.8 Å². The zero-order valence-corrected chi connectivity index (χ0v) is 19.2. The molecule has 3 heterocycles. The number of aromatic nitrogens is 3. The summed E-state index contributed by atoms with van der Waals surface area (Å²) in [5.41, 5.74) is 4.95. The number of aromatic amines is 1. The molecule has 0 unspecified atom stereocenters. The molecule has 1 amide bonds. The van der Waals surface area contributed by atoms with Gasteiger partial charge in [-0.2, -0.15) is 0 Å². The third kappa shape index (κ3) is 4.45. The van der Waals surface area contributed by atoms with Gasteiger partial charge in [-0.05, 0) is 25.2 Å². The zero-order chi connectivity index (χ0) is 22.3. The normalized spacial score (nSPS) is 18.2. The first kappa shape index (κ1) is 21.4. The van der Waals surface area contributed by atoms with Crippen molar-refractivity contribution in [1.29, 1.82) is 0 Å². The first-order chi connectivity index (χ1) is 14.6. The summed E-state index contributed by atoms with van der Waals surface area (Å²) in [5, 5.41) is 3.44. The molecule has 0 spiro atoms. The van der Waals surface area contributed by atoms with Crippen LogP contribution in [-0.4, -0.2) is 62.9 Å². The number of nitrogens with zero attached hydrogens (tertiary/aromatic N) is 4. The van der Waals surface area contributed by atoms with Crippen LogP contribution in [0.1, 0.15) is 57.7 Å². The van der Waals surface area contributed by atoms with E-state index in [1.54, 1.807) is 0 Å². The molecule has 1 saturated carbocycles. The van der Waals surface area contributed by atoms with E-state index in [4.69, 9.17) is 4.98 Å². The topological polar surface area (TPSA) is 77.2 Å². The zero-order valence-electron chi connectivity index (χ0n) is 19.2. The fourth-order valence-electron chi connectivity index (χ4n) is 4.10. The van der Waals surface area contributed by atoms with Gasteiger partial charge in [0.15, 0.2) is 5.65 Å². The van der Waals surface area contributed by atoms with Gasteiger partial charge in [0.05, 0.1) is 11.9 Å². The molecule has 2 fully saturated rings. The van der Waals surface area contributed by atoms with E-state index in [2.05, 4.69) is 54.1 Å². The number of nitrogens with one attached hydrogen (secondary N) is 2. The number of allylic oxidation sites excluding steroid dienone is 1. The lowest BCUT2D eigenvalue weighted by atomic mass is 9.85. The molecule has 0 bridgehead atoms. The Morgan fingerprint density at radius 3 is 2.42 bits per heavy atom. The Kier molecular flexibility index (Phi) is 5.54. The van der Waals surface area contributed by atoms with E-state index in [-0.39, 0.29) is 17.4 Å². The van der Waals surface area contributed by atoms with E-state index in [0.29, 0.717) is 24.7 Å². The van der Waals surface area contributed by atoms with Crippen LogP contribution >= 0.6 is 0 Å². The van der Waals surface area contributed by atoms with Crippen molar-refractivity contribution in [1.82, 2.24) is 30.1 Å². The highest BCUT2D eigenvalue weighted by Gasteiger charge is 2.36. The minimum Gasteiger partial charge on any atom is -0.373 e. The minimum atomic E-state index is -0.388. The summed E-state index contributed by atoms with van der Waals surface area (Å²) in [4.78, 5) is 30.2. The van der Waals surface area contributed by atoms with Crippen LogP contribution in [0.3, 0.4) is 0 Å². The van der Waals surface area contributed by atoms with Crippen molar-refractivity contribution in [2.75, 3.05) is 26.2 Å². The Balaban J connectivity index is 1.52. The molecular formula is C24H34N6O. The van der Waals surface area contributed by atoms with Crippen LogP contribution in [0.25, 0.3) is 16.9 Å². The smallest absolute Gasteiger partial charge is 0.245 e. The maximum absolute atomic E-state index is 13.5. The van der Waals surface area contributed by atoms with Gasteiger partial charge in [-0.15, -0.1) is 0 Å². The first-order valence-electron chi connectivity index (χ1n) is 11.1. The van der Waals surface area contributed by atoms with Crippen LogP contribution in [0.4, 0.5) is 0 Å². The van der Waals surface area contributed by atoms with Crippen molar-refractivity contribution in [2.45, 2.75) is 52.5 Å². The van der Waals surface area contributed by atoms with Crippen LogP contribution in [-0.2, 0) is 4.79 Å². The van der Waals surface area contributed by atoms with Crippen molar-refractivity contribution in [3.05, 3.63) is 42.5 Å². The molecule has 4 rings (SSSR count). The van der Waals surface area contributed by atoms with E-state index < -0.39 is 0 Å². The Morgan fingerprint density at radius 1 is 1.19 bits per heavy atom. The second-order valence-electron chi connectivity index (χ2n) is 9.94. The van der Waals surface area contributed by atoms with E-state index in [0.717, 1.165) is 41.2 Å². The van der Waals surface area contributed by atoms with E-state index in [1.165, 1.54) is 12.8 Å². The van der Waals surface area contributed by atoms with Crippen LogP contribution in [0.2, 0.25) is 0 Å². The lowest BCUT2D eigenvalue weighted by molar-refractivity contribution is -0.137. The van der Waals surface area contributed by atoms with Gasteiger partial charge >= 0.3 is 0 Å². The van der Waals surface area contributed by atoms with Crippen molar-refractivity contribution in [2.24, 2.45) is 5.41 Å². The number of fused-ring (bicyclic) bond motifs is 1. The summed E-state index contributed by atoms with van der Waals surface area (Å²) in [6, 6.07) is -0.388. The molecule has 0 radical (unpaired) electrons. The Morgan fingerprint density at radius 2 is 1.84 bits per heavy atom. The van der Waals surface area contributed by atoms with Gasteiger partial charge in [-0.3, -0.25) is 4.79 Å². The third-order valence-electron chi connectivity index (χ3n) is 6.28. The van der Waals surface area contributed by atoms with E-state index >= 15 is 0 Å². The first-order valence-corrected chi connectivity index (χ1v) is 11.1. The van der Waals surface area contributed by atoms with Crippen molar-refractivity contribution < 1.29 is 4.79 Å². The number of piperazine rings is 1. The van der Waals surface area contributed by atoms with E-state index in [1.807, 2.05) is 24.2 Å². The number of carbonyl (C=O) groups excluding carboxylic acids is 1. The largest absolute Gasteiger partial charge is 0.373 e. The molecule has 1 aliphatic heterocycles. The second-order valence-corrected chi connectivity index (χ2v) is 9.94. The summed E-state index contributed by atoms with van der Waals surface area (Å²) in [6.07, 6.45) is 6.10. The van der Waals surface area contributed by atoms with Gasteiger partial charge in [0.1, 0.15) is 11.6 Å². The van der Waals surface area contributed by atoms with Gasteiger partial charge in [-0.1, -0.05) is 33.9 Å². The quantitative estimate of drug-likeness (QED) is 0.745. The molecule has 1 saturated heterocycles. The predicted molar refractivity (Wildman–Crippen MR) is 124 cm³/mol. The molecule has 2 aromatic rings. The van der Waals surface area contributed by atoms with E-state index in [9.17, 15) is 4.79 Å². The monoisotopic (exact) mass is 422 g/mol. The average Bonchev–Trinajstić information content (AvgIpc) is 3.49. The Bertz CT molecular complexity index is 1000. The molecule has 1 aliphatic carbocycles. The summed E-state index contributed by atoms with van der Waals surface area (Å²) in [6.45, 7) is 19.6. The number of hydrogen-bond acceptors (Lipinski definition) is 5. The lowest BCUT2D eigenvalue weighted by Gasteiger charge is -2.40. The molecule has 2 N–H and O–H groups in total. The highest BCUT2D eigenvalue weighted by molar-refractivity contribution is 5.89. The third-order valence-corrected chi connectivity index (χ3v) is 6.28. The standard InChI is InChI=1S/C24H34N6O/c1-15(2)29-9-11-30(12-10-29)23(31)21(24(4,5)6)27-16(3)18-13-25-22-20(18)28-19(14-26-22)17-7-8-17/h13-14,17,21,27H,1,3,7-12H2,2,4-6H3,(H,25,26)/t21-/m0/s1. The Hall–Kier alpha value is -2.83. The molecule has 31 heavy (non-hydrogen) atoms. The summed E-state index contributed by atoms with van der Waals surface area (Å²) in [5.74, 6) is 0.641. The SMILES string of the molecule is C=C(N[C@@H](C(=O)N1CCN(C(=C)C)CC1)C(C)(C)C)c1c[nH]c2ncc(C3CC3)nc12. The Labute approximate surface area is 184 Å². The van der Waals surface area contributed by atoms with Crippen LogP contribution in [0.5, 0.6) is 0 Å². The lowest BCUT2D eigenvalue weighted by Crippen LogP contribution is -2.56. The molecule has 0 aromatic carbocycles. The summed E-state index contributed by atoms with van der Waals surface area (Å²) < 4.78 is 0. The van der Waals surface area contributed by atoms with Crippen molar-refractivity contribution in [3.8, 4) is 0 Å². The predicted octanol–water partition coefficient (Wildman–Crippen LogP) is 3.49. The highest BCUT2D eigenvalue weighted by atomic mass is 16.2. The van der Waals surface area contributed by atoms with Crippen LogP contribution < -0.4 is 5.32 Å². The number of carbonyl (C=O) groups is 1. The highest BCUT2D eigenvalue weighted by Crippen LogP contribution is 2.39. The van der Waals surface area contributed by atoms with Crippen molar-refractivity contribution in [3.63, 3.8) is 0 Å². The molecule has 1 atom stereocenters. The van der Waals surface area contributed by atoms with Crippen LogP contribution in [0, 0.1) is 5.41 Å². The van der Waals surface area contributed by atoms with Crippen LogP contribution in [0.15, 0.2) is 31.2 Å². The number of H-pyrrole nitrogens is 1. The molecule has 166 valence electrons. The fraction of sp³-hybridized carbons (Fsp3) is 0.542. The second kappa shape index (κ2) is 8.02. The molecule has 2 aromatic heterocycles. The number of amides is 1. The molecular weight excluding hydrogens is 388 g/mol. The maximum atomic E-state index is 13.5. The molecule has 7 nitrogen and oxygen atoms in total. The fourth-order valence-corrected chi connectivity index (χ4v) is 4.10. The van der Waals surface area contributed by atoms with Gasteiger partial charge in [0, 0.05) is 55.3 Å². The molecule has 7 heteroatoms. The van der Waals surface area contributed by atoms with Gasteiger partial charge in [-0.25, -0.2) is 9.97 Å². The minimum absolute atomic E-state index is 0.111. The average molecular weight is 423 g/mol.